The molecule has 1 aromatic rings. The molecule has 0 aliphatic heterocycles. The van der Waals surface area contributed by atoms with Crippen LogP contribution in [0.15, 0.2) is 0 Å². The molecule has 1 aromatic heterocycles. The van der Waals surface area contributed by atoms with Crippen molar-refractivity contribution in [2.75, 3.05) is 0 Å². The van der Waals surface area contributed by atoms with Gasteiger partial charge in [-0.1, -0.05) is 13.8 Å². The summed E-state index contributed by atoms with van der Waals surface area (Å²) in [6.45, 7) is 6.53. The Morgan fingerprint density at radius 2 is 1.88 bits per heavy atom. The van der Waals surface area contributed by atoms with Gasteiger partial charge in [-0.2, -0.15) is 0 Å². The first-order valence-corrected chi connectivity index (χ1v) is 6.60. The number of fused-ring (bicyclic) bond motifs is 1. The van der Waals surface area contributed by atoms with E-state index in [0.29, 0.717) is 12.0 Å². The first-order chi connectivity index (χ1) is 7.68. The lowest BCUT2D eigenvalue weighted by molar-refractivity contribution is 0.170. The molecule has 0 saturated heterocycles. The van der Waals surface area contributed by atoms with Gasteiger partial charge in [0.15, 0.2) is 0 Å². The van der Waals surface area contributed by atoms with Gasteiger partial charge < -0.3 is 4.57 Å². The SMILES string of the molecule is Cc1nnc(C(C)C)n1C1CCC2CCC21. The highest BCUT2D eigenvalue weighted by Gasteiger charge is 2.44. The molecule has 3 unspecified atom stereocenters. The van der Waals surface area contributed by atoms with Crippen LogP contribution in [0.2, 0.25) is 0 Å². The number of hydrogen-bond acceptors (Lipinski definition) is 2. The first-order valence-electron chi connectivity index (χ1n) is 6.60. The van der Waals surface area contributed by atoms with Crippen LogP contribution < -0.4 is 0 Å². The first kappa shape index (κ1) is 10.3. The molecule has 0 spiro atoms. The summed E-state index contributed by atoms with van der Waals surface area (Å²) in [6, 6.07) is 0.700. The van der Waals surface area contributed by atoms with Crippen LogP contribution in [0.1, 0.15) is 63.1 Å². The van der Waals surface area contributed by atoms with E-state index in [2.05, 4.69) is 35.5 Å². The number of nitrogens with zero attached hydrogens (tertiary/aromatic N) is 3. The van der Waals surface area contributed by atoms with Crippen LogP contribution in [0.3, 0.4) is 0 Å². The molecule has 0 bridgehead atoms. The summed E-state index contributed by atoms with van der Waals surface area (Å²) in [5.41, 5.74) is 0. The Bertz CT molecular complexity index is 394. The lowest BCUT2D eigenvalue weighted by atomic mass is 9.75. The van der Waals surface area contributed by atoms with Crippen LogP contribution in [0.5, 0.6) is 0 Å². The molecule has 0 N–H and O–H groups in total. The van der Waals surface area contributed by atoms with Crippen molar-refractivity contribution in [2.24, 2.45) is 11.8 Å². The molecule has 16 heavy (non-hydrogen) atoms. The molecule has 2 aliphatic rings. The summed E-state index contributed by atoms with van der Waals surface area (Å²) in [5.74, 6) is 4.72. The van der Waals surface area contributed by atoms with Crippen molar-refractivity contribution in [2.45, 2.75) is 58.4 Å². The van der Waals surface area contributed by atoms with E-state index in [-0.39, 0.29) is 0 Å². The summed E-state index contributed by atoms with van der Waals surface area (Å²) >= 11 is 0. The zero-order chi connectivity index (χ0) is 11.3. The van der Waals surface area contributed by atoms with Gasteiger partial charge in [-0.05, 0) is 44.4 Å². The summed E-state index contributed by atoms with van der Waals surface area (Å²) in [5, 5.41) is 8.64. The summed E-state index contributed by atoms with van der Waals surface area (Å²) in [4.78, 5) is 0. The van der Waals surface area contributed by atoms with Crippen molar-refractivity contribution in [3.05, 3.63) is 11.6 Å². The van der Waals surface area contributed by atoms with Crippen molar-refractivity contribution in [1.82, 2.24) is 14.8 Å². The lowest BCUT2D eigenvalue weighted by Crippen LogP contribution is -2.28. The average molecular weight is 219 g/mol. The van der Waals surface area contributed by atoms with Crippen LogP contribution >= 0.6 is 0 Å². The lowest BCUT2D eigenvalue weighted by Gasteiger charge is -2.35. The predicted molar refractivity (Wildman–Crippen MR) is 63.3 cm³/mol. The van der Waals surface area contributed by atoms with Crippen LogP contribution in [0, 0.1) is 18.8 Å². The molecule has 3 rings (SSSR count). The van der Waals surface area contributed by atoms with Crippen LogP contribution in [-0.4, -0.2) is 14.8 Å². The van der Waals surface area contributed by atoms with Gasteiger partial charge in [-0.3, -0.25) is 0 Å². The monoisotopic (exact) mass is 219 g/mol. The van der Waals surface area contributed by atoms with Gasteiger partial charge in [0.1, 0.15) is 11.6 Å². The third-order valence-electron chi connectivity index (χ3n) is 4.54. The van der Waals surface area contributed by atoms with Crippen molar-refractivity contribution < 1.29 is 0 Å². The Labute approximate surface area is 97.3 Å². The summed E-state index contributed by atoms with van der Waals surface area (Å²) in [6.07, 6.45) is 5.64. The molecular formula is C13H21N3. The highest BCUT2D eigenvalue weighted by atomic mass is 15.3. The maximum absolute atomic E-state index is 4.36. The second-order valence-electron chi connectivity index (χ2n) is 5.78. The van der Waals surface area contributed by atoms with Crippen molar-refractivity contribution in [3.8, 4) is 0 Å². The average Bonchev–Trinajstić information content (AvgIpc) is 2.68. The minimum Gasteiger partial charge on any atom is -0.312 e. The van der Waals surface area contributed by atoms with E-state index >= 15 is 0 Å². The van der Waals surface area contributed by atoms with Gasteiger partial charge in [0.2, 0.25) is 0 Å². The van der Waals surface area contributed by atoms with Gasteiger partial charge in [0.25, 0.3) is 0 Å². The third kappa shape index (κ3) is 1.33. The molecule has 0 aromatic carbocycles. The van der Waals surface area contributed by atoms with Gasteiger partial charge in [0.05, 0.1) is 0 Å². The fourth-order valence-electron chi connectivity index (χ4n) is 3.57. The third-order valence-corrected chi connectivity index (χ3v) is 4.54. The molecule has 0 amide bonds. The van der Waals surface area contributed by atoms with Gasteiger partial charge in [-0.15, -0.1) is 10.2 Å². The number of hydrogen-bond donors (Lipinski definition) is 0. The van der Waals surface area contributed by atoms with Crippen LogP contribution in [0.25, 0.3) is 0 Å². The minimum atomic E-state index is 0.486. The Balaban J connectivity index is 1.96. The van der Waals surface area contributed by atoms with E-state index in [9.17, 15) is 0 Å². The molecular weight excluding hydrogens is 198 g/mol. The second kappa shape index (κ2) is 3.57. The van der Waals surface area contributed by atoms with E-state index in [1.807, 2.05) is 0 Å². The largest absolute Gasteiger partial charge is 0.312 e. The Morgan fingerprint density at radius 1 is 1.12 bits per heavy atom. The minimum absolute atomic E-state index is 0.486. The highest BCUT2D eigenvalue weighted by Crippen LogP contribution is 2.53. The number of aromatic nitrogens is 3. The fraction of sp³-hybridized carbons (Fsp3) is 0.846. The number of aryl methyl sites for hydroxylation is 1. The molecule has 3 nitrogen and oxygen atoms in total. The quantitative estimate of drug-likeness (QED) is 0.765. The van der Waals surface area contributed by atoms with E-state index in [0.717, 1.165) is 17.7 Å². The molecule has 0 radical (unpaired) electrons. The summed E-state index contributed by atoms with van der Waals surface area (Å²) < 4.78 is 2.44. The summed E-state index contributed by atoms with van der Waals surface area (Å²) in [7, 11) is 0. The van der Waals surface area contributed by atoms with E-state index in [1.165, 1.54) is 31.5 Å². The number of rotatable bonds is 2. The van der Waals surface area contributed by atoms with Crippen LogP contribution in [-0.2, 0) is 0 Å². The highest BCUT2D eigenvalue weighted by molar-refractivity contribution is 5.06. The van der Waals surface area contributed by atoms with E-state index < -0.39 is 0 Å². The standard InChI is InChI=1S/C13H21N3/c1-8(2)13-15-14-9(3)16(13)12-7-5-10-4-6-11(10)12/h8,10-12H,4-7H2,1-3H3. The predicted octanol–water partition coefficient (Wildman–Crippen LogP) is 3.07. The van der Waals surface area contributed by atoms with Gasteiger partial charge in [-0.25, -0.2) is 0 Å². The molecule has 88 valence electrons. The maximum atomic E-state index is 4.36. The topological polar surface area (TPSA) is 30.7 Å². The van der Waals surface area contributed by atoms with Gasteiger partial charge in [0, 0.05) is 12.0 Å². The van der Waals surface area contributed by atoms with Crippen molar-refractivity contribution in [1.29, 1.82) is 0 Å². The molecule has 2 fully saturated rings. The molecule has 2 aliphatic carbocycles. The normalized spacial score (nSPS) is 32.9. The fourth-order valence-corrected chi connectivity index (χ4v) is 3.57. The van der Waals surface area contributed by atoms with E-state index in [1.54, 1.807) is 0 Å². The van der Waals surface area contributed by atoms with Crippen molar-refractivity contribution >= 4 is 0 Å². The Kier molecular flexibility index (Phi) is 2.30. The molecule has 2 saturated carbocycles. The van der Waals surface area contributed by atoms with Gasteiger partial charge >= 0.3 is 0 Å². The molecule has 1 heterocycles. The maximum Gasteiger partial charge on any atom is 0.135 e. The zero-order valence-corrected chi connectivity index (χ0v) is 10.5. The Hall–Kier alpha value is -0.860. The van der Waals surface area contributed by atoms with E-state index in [4.69, 9.17) is 0 Å². The Morgan fingerprint density at radius 3 is 2.44 bits per heavy atom. The van der Waals surface area contributed by atoms with Crippen LogP contribution in [0.4, 0.5) is 0 Å². The second-order valence-corrected chi connectivity index (χ2v) is 5.78. The molecule has 3 heteroatoms. The smallest absolute Gasteiger partial charge is 0.135 e. The zero-order valence-electron chi connectivity index (χ0n) is 10.5. The van der Waals surface area contributed by atoms with Crippen molar-refractivity contribution in [3.63, 3.8) is 0 Å². The molecule has 3 atom stereocenters.